The average Bonchev–Trinajstić information content (AvgIpc) is 2.59. The quantitative estimate of drug-likeness (QED) is 0.441. The van der Waals surface area contributed by atoms with Crippen molar-refractivity contribution in [1.29, 1.82) is 0 Å². The van der Waals surface area contributed by atoms with E-state index < -0.39 is 14.9 Å². The van der Waals surface area contributed by atoms with Crippen molar-refractivity contribution in [3.8, 4) is 5.75 Å². The van der Waals surface area contributed by atoms with Crippen LogP contribution in [0.1, 0.15) is 17.5 Å². The van der Waals surface area contributed by atoms with Crippen molar-refractivity contribution in [3.05, 3.63) is 63.7 Å². The zero-order chi connectivity index (χ0) is 18.4. The molecule has 0 amide bonds. The number of hydrogen-bond acceptors (Lipinski definition) is 5. The summed E-state index contributed by atoms with van der Waals surface area (Å²) in [4.78, 5) is 10.3. The van der Waals surface area contributed by atoms with E-state index in [1.807, 2.05) is 24.3 Å². The Morgan fingerprint density at radius 3 is 2.64 bits per heavy atom. The maximum Gasteiger partial charge on any atom is 0.273 e. The molecule has 0 aliphatic heterocycles. The summed E-state index contributed by atoms with van der Waals surface area (Å²) in [5.41, 5.74) is 1.26. The van der Waals surface area contributed by atoms with Gasteiger partial charge >= 0.3 is 0 Å². The van der Waals surface area contributed by atoms with Gasteiger partial charge in [0.25, 0.3) is 5.69 Å². The molecule has 0 saturated heterocycles. The topological polar surface area (TPSA) is 98.5 Å². The zero-order valence-corrected chi connectivity index (χ0v) is 14.9. The number of nitro groups is 1. The summed E-state index contributed by atoms with van der Waals surface area (Å²) < 4.78 is 32.2. The van der Waals surface area contributed by atoms with Crippen molar-refractivity contribution in [3.63, 3.8) is 0 Å². The lowest BCUT2D eigenvalue weighted by atomic mass is 10.1. The maximum absolute atomic E-state index is 12.3. The fourth-order valence-corrected chi connectivity index (χ4v) is 3.46. The summed E-state index contributed by atoms with van der Waals surface area (Å²) in [5.74, 6) is 0.755. The second-order valence-corrected chi connectivity index (χ2v) is 7.33. The van der Waals surface area contributed by atoms with Crippen LogP contribution >= 0.6 is 0 Å². The second kappa shape index (κ2) is 8.09. The van der Waals surface area contributed by atoms with Crippen LogP contribution in [0.15, 0.2) is 47.4 Å². The summed E-state index contributed by atoms with van der Waals surface area (Å²) in [6.45, 7) is 1.80. The third kappa shape index (κ3) is 5.01. The second-order valence-electron chi connectivity index (χ2n) is 5.56. The Bertz CT molecular complexity index is 865. The molecule has 25 heavy (non-hydrogen) atoms. The van der Waals surface area contributed by atoms with Gasteiger partial charge in [0, 0.05) is 18.2 Å². The summed E-state index contributed by atoms with van der Waals surface area (Å²) >= 11 is 0. The molecule has 0 spiro atoms. The highest BCUT2D eigenvalue weighted by atomic mass is 32.2. The Balaban J connectivity index is 1.97. The number of sulfonamides is 1. The largest absolute Gasteiger partial charge is 0.497 e. The number of ether oxygens (including phenoxy) is 1. The van der Waals surface area contributed by atoms with Gasteiger partial charge in [-0.3, -0.25) is 10.1 Å². The molecule has 1 N–H and O–H groups in total. The van der Waals surface area contributed by atoms with E-state index in [0.29, 0.717) is 18.4 Å². The molecular formula is C17H20N2O5S. The Hall–Kier alpha value is -2.45. The lowest BCUT2D eigenvalue weighted by molar-refractivity contribution is -0.385. The number of benzene rings is 2. The van der Waals surface area contributed by atoms with E-state index >= 15 is 0 Å². The minimum atomic E-state index is -3.78. The van der Waals surface area contributed by atoms with Gasteiger partial charge in [0.05, 0.1) is 16.9 Å². The van der Waals surface area contributed by atoms with Gasteiger partial charge in [0.1, 0.15) is 5.75 Å². The number of nitro benzene ring substituents is 1. The summed E-state index contributed by atoms with van der Waals surface area (Å²) in [5, 5.41) is 11.0. The number of nitrogens with zero attached hydrogens (tertiary/aromatic N) is 1. The monoisotopic (exact) mass is 364 g/mol. The number of rotatable bonds is 8. The van der Waals surface area contributed by atoms with E-state index in [9.17, 15) is 18.5 Å². The van der Waals surface area contributed by atoms with Crippen LogP contribution in [-0.2, 0) is 16.4 Å². The first kappa shape index (κ1) is 18.9. The third-order valence-electron chi connectivity index (χ3n) is 3.76. The van der Waals surface area contributed by atoms with Crippen molar-refractivity contribution >= 4 is 15.7 Å². The Morgan fingerprint density at radius 2 is 1.96 bits per heavy atom. The highest BCUT2D eigenvalue weighted by Gasteiger charge is 2.19. The Kier molecular flexibility index (Phi) is 6.11. The van der Waals surface area contributed by atoms with Crippen molar-refractivity contribution in [2.75, 3.05) is 13.7 Å². The maximum atomic E-state index is 12.3. The molecule has 0 radical (unpaired) electrons. The molecule has 8 heteroatoms. The smallest absolute Gasteiger partial charge is 0.273 e. The van der Waals surface area contributed by atoms with E-state index in [-0.39, 0.29) is 17.1 Å². The van der Waals surface area contributed by atoms with E-state index in [0.717, 1.165) is 17.4 Å². The van der Waals surface area contributed by atoms with Gasteiger partial charge in [-0.1, -0.05) is 18.2 Å². The molecule has 7 nitrogen and oxygen atoms in total. The molecule has 2 aromatic rings. The first-order valence-electron chi connectivity index (χ1n) is 7.71. The summed E-state index contributed by atoms with van der Waals surface area (Å²) in [7, 11) is -2.19. The normalized spacial score (nSPS) is 11.3. The fraction of sp³-hybridized carbons (Fsp3) is 0.294. The van der Waals surface area contributed by atoms with E-state index in [1.165, 1.54) is 12.1 Å². The number of hydrogen-bond donors (Lipinski definition) is 1. The Labute approximate surface area is 146 Å². The van der Waals surface area contributed by atoms with Crippen LogP contribution in [-0.4, -0.2) is 27.0 Å². The van der Waals surface area contributed by atoms with Gasteiger partial charge in [-0.2, -0.15) is 0 Å². The molecule has 2 rings (SSSR count). The van der Waals surface area contributed by atoms with Gasteiger partial charge < -0.3 is 4.74 Å². The van der Waals surface area contributed by atoms with E-state index in [1.54, 1.807) is 14.0 Å². The highest BCUT2D eigenvalue weighted by molar-refractivity contribution is 7.89. The van der Waals surface area contributed by atoms with E-state index in [2.05, 4.69) is 4.72 Å². The van der Waals surface area contributed by atoms with Gasteiger partial charge in [-0.25, -0.2) is 13.1 Å². The zero-order valence-electron chi connectivity index (χ0n) is 14.1. The van der Waals surface area contributed by atoms with Crippen molar-refractivity contribution in [2.45, 2.75) is 24.7 Å². The molecule has 2 aromatic carbocycles. The lowest BCUT2D eigenvalue weighted by Gasteiger charge is -2.08. The number of aryl methyl sites for hydroxylation is 2. The molecule has 0 saturated carbocycles. The van der Waals surface area contributed by atoms with Crippen molar-refractivity contribution < 1.29 is 18.1 Å². The van der Waals surface area contributed by atoms with Crippen LogP contribution < -0.4 is 9.46 Å². The minimum Gasteiger partial charge on any atom is -0.497 e. The van der Waals surface area contributed by atoms with Gasteiger partial charge in [0.15, 0.2) is 0 Å². The Morgan fingerprint density at radius 1 is 1.20 bits per heavy atom. The first-order chi connectivity index (χ1) is 11.8. The number of methoxy groups -OCH3 is 1. The summed E-state index contributed by atoms with van der Waals surface area (Å²) in [6, 6.07) is 11.5. The SMILES string of the molecule is COc1cccc(CCCNS(=O)(=O)c2ccc(C)c([N+](=O)[O-])c2)c1. The fourth-order valence-electron chi connectivity index (χ4n) is 2.36. The molecule has 0 aliphatic rings. The van der Waals surface area contributed by atoms with Crippen LogP contribution in [0, 0.1) is 17.0 Å². The van der Waals surface area contributed by atoms with Crippen LogP contribution in [0.3, 0.4) is 0 Å². The van der Waals surface area contributed by atoms with Gasteiger partial charge in [-0.15, -0.1) is 0 Å². The van der Waals surface area contributed by atoms with Crippen LogP contribution in [0.4, 0.5) is 5.69 Å². The van der Waals surface area contributed by atoms with Gasteiger partial charge in [0.2, 0.25) is 10.0 Å². The first-order valence-corrected chi connectivity index (χ1v) is 9.19. The van der Waals surface area contributed by atoms with Crippen LogP contribution in [0.5, 0.6) is 5.75 Å². The molecule has 0 fully saturated rings. The van der Waals surface area contributed by atoms with Crippen LogP contribution in [0.2, 0.25) is 0 Å². The number of nitrogens with one attached hydrogen (secondary N) is 1. The predicted octanol–water partition coefficient (Wildman–Crippen LogP) is 2.82. The average molecular weight is 364 g/mol. The molecule has 0 unspecified atom stereocenters. The predicted molar refractivity (Wildman–Crippen MR) is 94.3 cm³/mol. The standard InChI is InChI=1S/C17H20N2O5S/c1-13-8-9-16(12-17(13)19(20)21)25(22,23)18-10-4-6-14-5-3-7-15(11-14)24-2/h3,5,7-9,11-12,18H,4,6,10H2,1-2H3. The van der Waals surface area contributed by atoms with Crippen molar-refractivity contribution in [1.82, 2.24) is 4.72 Å². The molecule has 0 aliphatic carbocycles. The molecule has 0 aromatic heterocycles. The lowest BCUT2D eigenvalue weighted by Crippen LogP contribution is -2.25. The minimum absolute atomic E-state index is 0.105. The molecular weight excluding hydrogens is 344 g/mol. The summed E-state index contributed by atoms with van der Waals surface area (Å²) in [6.07, 6.45) is 1.29. The third-order valence-corrected chi connectivity index (χ3v) is 5.21. The van der Waals surface area contributed by atoms with Gasteiger partial charge in [-0.05, 0) is 43.5 Å². The van der Waals surface area contributed by atoms with Crippen LogP contribution in [0.25, 0.3) is 0 Å². The molecule has 134 valence electrons. The van der Waals surface area contributed by atoms with Crippen molar-refractivity contribution in [2.24, 2.45) is 0 Å². The molecule has 0 atom stereocenters. The molecule has 0 bridgehead atoms. The molecule has 0 heterocycles. The highest BCUT2D eigenvalue weighted by Crippen LogP contribution is 2.22. The van der Waals surface area contributed by atoms with E-state index in [4.69, 9.17) is 4.74 Å².